The van der Waals surface area contributed by atoms with E-state index in [0.29, 0.717) is 18.2 Å². The number of halogens is 2. The van der Waals surface area contributed by atoms with Crippen LogP contribution in [0.5, 0.6) is 0 Å². The summed E-state index contributed by atoms with van der Waals surface area (Å²) in [7, 11) is 0. The average molecular weight is 282 g/mol. The molecule has 1 aliphatic heterocycles. The van der Waals surface area contributed by atoms with Crippen LogP contribution in [-0.4, -0.2) is 24.7 Å². The van der Waals surface area contributed by atoms with Gasteiger partial charge in [-0.05, 0) is 31.4 Å². The Kier molecular flexibility index (Phi) is 4.33. The summed E-state index contributed by atoms with van der Waals surface area (Å²) in [5, 5.41) is 3.55. The molecule has 1 fully saturated rings. The van der Waals surface area contributed by atoms with Crippen LogP contribution in [0.25, 0.3) is 0 Å². The highest BCUT2D eigenvalue weighted by Gasteiger charge is 2.36. The number of piperazine rings is 1. The lowest BCUT2D eigenvalue weighted by Gasteiger charge is -2.48. The number of anilines is 1. The summed E-state index contributed by atoms with van der Waals surface area (Å²) in [4.78, 5) is 2.03. The van der Waals surface area contributed by atoms with Crippen LogP contribution in [0, 0.1) is 17.6 Å². The predicted molar refractivity (Wildman–Crippen MR) is 79.0 cm³/mol. The van der Waals surface area contributed by atoms with Crippen molar-refractivity contribution in [2.75, 3.05) is 18.0 Å². The van der Waals surface area contributed by atoms with Gasteiger partial charge in [0.25, 0.3) is 0 Å². The third-order valence-electron chi connectivity index (χ3n) is 4.43. The molecule has 4 heteroatoms. The Morgan fingerprint density at radius 1 is 1.40 bits per heavy atom. The van der Waals surface area contributed by atoms with E-state index in [1.54, 1.807) is 0 Å². The van der Waals surface area contributed by atoms with Crippen LogP contribution in [0.15, 0.2) is 18.2 Å². The van der Waals surface area contributed by atoms with Gasteiger partial charge in [-0.15, -0.1) is 0 Å². The van der Waals surface area contributed by atoms with Gasteiger partial charge in [0.05, 0.1) is 5.69 Å². The molecule has 1 aliphatic rings. The standard InChI is InChI=1S/C16H24F2N2/c1-5-16(4)10-20(15(9-19-16)11(2)3)14-8-12(17)6-7-13(14)18/h6-8,11,15,19H,5,9-10H2,1-4H3. The molecule has 2 atom stereocenters. The first-order valence-corrected chi connectivity index (χ1v) is 7.33. The Morgan fingerprint density at radius 3 is 2.70 bits per heavy atom. The normalized spacial score (nSPS) is 27.1. The van der Waals surface area contributed by atoms with E-state index in [2.05, 4.69) is 33.0 Å². The van der Waals surface area contributed by atoms with E-state index in [1.165, 1.54) is 18.2 Å². The minimum absolute atomic E-state index is 0.0653. The molecule has 0 aliphatic carbocycles. The van der Waals surface area contributed by atoms with Crippen molar-refractivity contribution in [1.29, 1.82) is 0 Å². The Labute approximate surface area is 120 Å². The van der Waals surface area contributed by atoms with Gasteiger partial charge in [0.2, 0.25) is 0 Å². The molecule has 1 heterocycles. The lowest BCUT2D eigenvalue weighted by molar-refractivity contribution is 0.251. The fourth-order valence-electron chi connectivity index (χ4n) is 2.81. The van der Waals surface area contributed by atoms with E-state index >= 15 is 0 Å². The fraction of sp³-hybridized carbons (Fsp3) is 0.625. The van der Waals surface area contributed by atoms with Crippen LogP contribution in [0.4, 0.5) is 14.5 Å². The monoisotopic (exact) mass is 282 g/mol. The van der Waals surface area contributed by atoms with Gasteiger partial charge in [0, 0.05) is 30.7 Å². The maximum absolute atomic E-state index is 14.1. The third-order valence-corrected chi connectivity index (χ3v) is 4.43. The summed E-state index contributed by atoms with van der Waals surface area (Å²) in [5.41, 5.74) is 0.314. The van der Waals surface area contributed by atoms with Gasteiger partial charge >= 0.3 is 0 Å². The molecular weight excluding hydrogens is 258 g/mol. The summed E-state index contributed by atoms with van der Waals surface area (Å²) < 4.78 is 27.6. The Bertz CT molecular complexity index is 476. The Hall–Kier alpha value is -1.16. The molecule has 0 bridgehead atoms. The van der Waals surface area contributed by atoms with Crippen molar-refractivity contribution in [1.82, 2.24) is 5.32 Å². The van der Waals surface area contributed by atoms with Gasteiger partial charge in [-0.1, -0.05) is 20.8 Å². The molecule has 1 aromatic carbocycles. The maximum atomic E-state index is 14.1. The highest BCUT2D eigenvalue weighted by Crippen LogP contribution is 2.30. The first kappa shape index (κ1) is 15.2. The lowest BCUT2D eigenvalue weighted by Crippen LogP contribution is -2.64. The fourth-order valence-corrected chi connectivity index (χ4v) is 2.81. The highest BCUT2D eigenvalue weighted by molar-refractivity contribution is 5.50. The molecule has 20 heavy (non-hydrogen) atoms. The number of nitrogens with one attached hydrogen (secondary N) is 1. The Balaban J connectivity index is 2.39. The van der Waals surface area contributed by atoms with Crippen molar-refractivity contribution in [3.8, 4) is 0 Å². The quantitative estimate of drug-likeness (QED) is 0.912. The molecule has 0 amide bonds. The predicted octanol–water partition coefficient (Wildman–Crippen LogP) is 3.57. The Morgan fingerprint density at radius 2 is 2.10 bits per heavy atom. The number of benzene rings is 1. The van der Waals surface area contributed by atoms with Crippen LogP contribution in [0.3, 0.4) is 0 Å². The maximum Gasteiger partial charge on any atom is 0.146 e. The van der Waals surface area contributed by atoms with Crippen molar-refractivity contribution < 1.29 is 8.78 Å². The molecule has 1 saturated heterocycles. The summed E-state index contributed by atoms with van der Waals surface area (Å²) in [6.07, 6.45) is 0.950. The number of hydrogen-bond acceptors (Lipinski definition) is 2. The van der Waals surface area contributed by atoms with Gasteiger partial charge in [-0.25, -0.2) is 8.78 Å². The van der Waals surface area contributed by atoms with Crippen molar-refractivity contribution in [2.45, 2.75) is 45.7 Å². The second kappa shape index (κ2) is 5.68. The van der Waals surface area contributed by atoms with Crippen molar-refractivity contribution in [2.24, 2.45) is 5.92 Å². The van der Waals surface area contributed by atoms with Crippen molar-refractivity contribution in [3.05, 3.63) is 29.8 Å². The van der Waals surface area contributed by atoms with Crippen molar-refractivity contribution >= 4 is 5.69 Å². The first-order chi connectivity index (χ1) is 9.36. The second-order valence-electron chi connectivity index (χ2n) is 6.33. The largest absolute Gasteiger partial charge is 0.363 e. The van der Waals surface area contributed by atoms with E-state index in [0.717, 1.165) is 13.0 Å². The van der Waals surface area contributed by atoms with Gasteiger partial charge in [-0.3, -0.25) is 0 Å². The number of rotatable bonds is 3. The molecule has 1 aromatic rings. The zero-order valence-corrected chi connectivity index (χ0v) is 12.7. The lowest BCUT2D eigenvalue weighted by atomic mass is 9.89. The second-order valence-corrected chi connectivity index (χ2v) is 6.33. The first-order valence-electron chi connectivity index (χ1n) is 7.33. The molecule has 2 rings (SSSR count). The molecule has 0 aromatic heterocycles. The minimum Gasteiger partial charge on any atom is -0.363 e. The molecule has 1 N–H and O–H groups in total. The van der Waals surface area contributed by atoms with Gasteiger partial charge in [0.15, 0.2) is 0 Å². The number of hydrogen-bond donors (Lipinski definition) is 1. The third kappa shape index (κ3) is 2.95. The summed E-state index contributed by atoms with van der Waals surface area (Å²) >= 11 is 0. The van der Waals surface area contributed by atoms with Crippen LogP contribution in [-0.2, 0) is 0 Å². The smallest absolute Gasteiger partial charge is 0.146 e. The average Bonchev–Trinajstić information content (AvgIpc) is 2.41. The summed E-state index contributed by atoms with van der Waals surface area (Å²) in [5.74, 6) is -0.371. The molecular formula is C16H24F2N2. The van der Waals surface area contributed by atoms with Crippen LogP contribution in [0.1, 0.15) is 34.1 Å². The zero-order valence-electron chi connectivity index (χ0n) is 12.7. The molecule has 112 valence electrons. The van der Waals surface area contributed by atoms with E-state index in [-0.39, 0.29) is 23.2 Å². The van der Waals surface area contributed by atoms with Gasteiger partial charge in [-0.2, -0.15) is 0 Å². The van der Waals surface area contributed by atoms with Crippen LogP contribution >= 0.6 is 0 Å². The molecule has 0 saturated carbocycles. The van der Waals surface area contributed by atoms with E-state index in [9.17, 15) is 8.78 Å². The topological polar surface area (TPSA) is 15.3 Å². The van der Waals surface area contributed by atoms with Crippen LogP contribution < -0.4 is 10.2 Å². The SMILES string of the molecule is CCC1(C)CN(c2cc(F)ccc2F)C(C(C)C)CN1. The van der Waals surface area contributed by atoms with Gasteiger partial charge in [0.1, 0.15) is 11.6 Å². The molecule has 2 nitrogen and oxygen atoms in total. The van der Waals surface area contributed by atoms with Gasteiger partial charge < -0.3 is 10.2 Å². The molecule has 0 radical (unpaired) electrons. The van der Waals surface area contributed by atoms with E-state index < -0.39 is 0 Å². The minimum atomic E-state index is -0.388. The van der Waals surface area contributed by atoms with E-state index in [4.69, 9.17) is 0 Å². The zero-order chi connectivity index (χ0) is 14.9. The summed E-state index contributed by atoms with van der Waals surface area (Å²) in [6.45, 7) is 9.96. The highest BCUT2D eigenvalue weighted by atomic mass is 19.1. The van der Waals surface area contributed by atoms with Crippen LogP contribution in [0.2, 0.25) is 0 Å². The molecule has 2 unspecified atom stereocenters. The van der Waals surface area contributed by atoms with Crippen molar-refractivity contribution in [3.63, 3.8) is 0 Å². The molecule has 0 spiro atoms. The number of nitrogens with zero attached hydrogens (tertiary/aromatic N) is 1. The van der Waals surface area contributed by atoms with E-state index in [1.807, 2.05) is 4.90 Å². The summed E-state index contributed by atoms with van der Waals surface area (Å²) in [6, 6.07) is 3.87.